The molecular weight excluding hydrogens is 512 g/mol. The van der Waals surface area contributed by atoms with Crippen LogP contribution in [0.25, 0.3) is 11.3 Å². The van der Waals surface area contributed by atoms with Gasteiger partial charge in [-0.1, -0.05) is 57.9 Å². The van der Waals surface area contributed by atoms with Crippen LogP contribution in [-0.4, -0.2) is 48.4 Å². The first-order valence-electron chi connectivity index (χ1n) is 13.6. The number of anilines is 1. The van der Waals surface area contributed by atoms with Gasteiger partial charge in [0.05, 0.1) is 16.6 Å². The lowest BCUT2D eigenvalue weighted by atomic mass is 10.00. The number of carbonyl (C=O) groups excluding carboxylic acids is 1. The number of hydrogen-bond acceptors (Lipinski definition) is 6. The molecule has 208 valence electrons. The number of unbranched alkanes of at least 4 members (excludes halogenated alkanes) is 2. The van der Waals surface area contributed by atoms with E-state index in [0.29, 0.717) is 23.7 Å². The van der Waals surface area contributed by atoms with E-state index in [0.717, 1.165) is 42.4 Å². The number of aryl methyl sites for hydroxylation is 2. The molecule has 4 bridgehead atoms. The number of aromatic nitrogens is 2. The highest BCUT2D eigenvalue weighted by Crippen LogP contribution is 2.30. The van der Waals surface area contributed by atoms with Gasteiger partial charge < -0.3 is 9.64 Å². The number of sulfonamides is 1. The first-order chi connectivity index (χ1) is 18.6. The Labute approximate surface area is 231 Å². The predicted molar refractivity (Wildman–Crippen MR) is 153 cm³/mol. The lowest BCUT2D eigenvalue weighted by molar-refractivity contribution is 0.0571. The van der Waals surface area contributed by atoms with Crippen LogP contribution in [0.3, 0.4) is 0 Å². The summed E-state index contributed by atoms with van der Waals surface area (Å²) >= 11 is 0. The molecule has 1 amide bonds. The summed E-state index contributed by atoms with van der Waals surface area (Å²) in [5.41, 5.74) is 3.79. The van der Waals surface area contributed by atoms with Gasteiger partial charge in [0, 0.05) is 23.7 Å². The molecule has 0 saturated heterocycles. The van der Waals surface area contributed by atoms with Gasteiger partial charge in [-0.3, -0.25) is 4.79 Å². The minimum Gasteiger partial charge on any atom is -0.475 e. The second kappa shape index (κ2) is 12.2. The molecule has 0 radical (unpaired) electrons. The highest BCUT2D eigenvalue weighted by atomic mass is 32.2. The summed E-state index contributed by atoms with van der Waals surface area (Å²) in [5, 5.41) is 0. The summed E-state index contributed by atoms with van der Waals surface area (Å²) < 4.78 is 35.6. The van der Waals surface area contributed by atoms with Crippen LogP contribution in [0, 0.1) is 19.8 Å². The number of ether oxygens (including phenoxy) is 1. The lowest BCUT2D eigenvalue weighted by Crippen LogP contribution is -2.45. The molecule has 0 fully saturated rings. The summed E-state index contributed by atoms with van der Waals surface area (Å²) in [6, 6.07) is 13.6. The molecule has 0 unspecified atom stereocenters. The van der Waals surface area contributed by atoms with E-state index in [-0.39, 0.29) is 35.3 Å². The molecule has 2 heterocycles. The van der Waals surface area contributed by atoms with Crippen LogP contribution in [-0.2, 0) is 10.0 Å². The number of amides is 1. The Morgan fingerprint density at radius 3 is 2.46 bits per heavy atom. The third-order valence-electron chi connectivity index (χ3n) is 6.93. The van der Waals surface area contributed by atoms with Crippen molar-refractivity contribution in [3.8, 4) is 17.1 Å². The van der Waals surface area contributed by atoms with Gasteiger partial charge in [-0.15, -0.1) is 0 Å². The van der Waals surface area contributed by atoms with Gasteiger partial charge in [0.15, 0.2) is 0 Å². The number of carbonyl (C=O) groups is 1. The minimum absolute atomic E-state index is 0.0231. The standard InChI is InChI=1S/C30H38N4O4S/c1-6-7-8-15-34-24(16-20(2)3)19-38-27-18-26(28-21(4)11-9-12-22(28)5)31-30(32-27)33-39(36,37)25-14-10-13-23(17-25)29(34)35/h9-14,17-18,20,24H,6-8,15-16,19H2,1-5H3,(H,31,32,33)/t24-/m1/s1. The zero-order chi connectivity index (χ0) is 28.2. The summed E-state index contributed by atoms with van der Waals surface area (Å²) in [6.45, 7) is 11.1. The van der Waals surface area contributed by atoms with Crippen LogP contribution in [0.5, 0.6) is 5.88 Å². The van der Waals surface area contributed by atoms with Crippen LogP contribution in [0.2, 0.25) is 0 Å². The molecule has 1 aliphatic heterocycles. The smallest absolute Gasteiger partial charge is 0.264 e. The van der Waals surface area contributed by atoms with Gasteiger partial charge in [-0.25, -0.2) is 18.1 Å². The van der Waals surface area contributed by atoms with Crippen LogP contribution in [0.15, 0.2) is 53.4 Å². The third-order valence-corrected chi connectivity index (χ3v) is 8.25. The number of nitrogens with zero attached hydrogens (tertiary/aromatic N) is 3. The van der Waals surface area contributed by atoms with Crippen molar-refractivity contribution >= 4 is 21.9 Å². The molecule has 8 nitrogen and oxygen atoms in total. The Morgan fingerprint density at radius 1 is 1.05 bits per heavy atom. The fraction of sp³-hybridized carbons (Fsp3) is 0.433. The SMILES string of the molecule is CCCCCN1C(=O)c2cccc(c2)S(=O)(=O)Nc2nc(cc(-c3c(C)cccc3C)n2)OC[C@H]1CC(C)C. The maximum absolute atomic E-state index is 13.8. The molecule has 0 saturated carbocycles. The summed E-state index contributed by atoms with van der Waals surface area (Å²) in [4.78, 5) is 24.7. The van der Waals surface area contributed by atoms with Gasteiger partial charge in [-0.2, -0.15) is 4.98 Å². The molecule has 1 atom stereocenters. The molecule has 0 aliphatic carbocycles. The Bertz CT molecular complexity index is 1420. The Morgan fingerprint density at radius 2 is 1.77 bits per heavy atom. The maximum atomic E-state index is 13.8. The Hall–Kier alpha value is -3.46. The van der Waals surface area contributed by atoms with Gasteiger partial charge in [-0.05, 0) is 61.9 Å². The van der Waals surface area contributed by atoms with Gasteiger partial charge in [0.2, 0.25) is 11.8 Å². The lowest BCUT2D eigenvalue weighted by Gasteiger charge is -2.33. The van der Waals surface area contributed by atoms with Crippen molar-refractivity contribution in [1.29, 1.82) is 0 Å². The molecule has 39 heavy (non-hydrogen) atoms. The van der Waals surface area contributed by atoms with E-state index >= 15 is 0 Å². The minimum atomic E-state index is -4.07. The number of rotatable bonds is 7. The fourth-order valence-corrected chi connectivity index (χ4v) is 6.01. The molecule has 1 N–H and O–H groups in total. The molecular formula is C30H38N4O4S. The normalized spacial score (nSPS) is 17.0. The molecule has 1 aliphatic rings. The largest absolute Gasteiger partial charge is 0.475 e. The first-order valence-corrected chi connectivity index (χ1v) is 15.1. The summed E-state index contributed by atoms with van der Waals surface area (Å²) in [6.07, 6.45) is 3.60. The monoisotopic (exact) mass is 550 g/mol. The van der Waals surface area contributed by atoms with E-state index in [2.05, 4.69) is 35.5 Å². The molecule has 1 aromatic heterocycles. The van der Waals surface area contributed by atoms with Crippen molar-refractivity contribution in [2.24, 2.45) is 5.92 Å². The summed E-state index contributed by atoms with van der Waals surface area (Å²) in [7, 11) is -4.07. The third kappa shape index (κ3) is 6.76. The summed E-state index contributed by atoms with van der Waals surface area (Å²) in [5.74, 6) is 0.281. The number of benzene rings is 2. The average molecular weight is 551 g/mol. The fourth-order valence-electron chi connectivity index (χ4n) is 5.03. The van der Waals surface area contributed by atoms with Crippen LogP contribution in [0.4, 0.5) is 5.95 Å². The van der Waals surface area contributed by atoms with Crippen molar-refractivity contribution in [3.63, 3.8) is 0 Å². The number of fused-ring (bicyclic) bond motifs is 4. The molecule has 9 heteroatoms. The Kier molecular flexibility index (Phi) is 8.90. The highest BCUT2D eigenvalue weighted by Gasteiger charge is 2.28. The number of hydrogen-bond donors (Lipinski definition) is 1. The second-order valence-electron chi connectivity index (χ2n) is 10.6. The maximum Gasteiger partial charge on any atom is 0.264 e. The quantitative estimate of drug-likeness (QED) is 0.362. The molecule has 4 rings (SSSR count). The predicted octanol–water partition coefficient (Wildman–Crippen LogP) is 6.00. The van der Waals surface area contributed by atoms with Crippen LogP contribution < -0.4 is 9.46 Å². The van der Waals surface area contributed by atoms with E-state index < -0.39 is 10.0 Å². The van der Waals surface area contributed by atoms with Crippen molar-refractivity contribution in [2.75, 3.05) is 17.9 Å². The van der Waals surface area contributed by atoms with E-state index in [1.807, 2.05) is 36.9 Å². The molecule has 3 aromatic rings. The van der Waals surface area contributed by atoms with Crippen molar-refractivity contribution in [1.82, 2.24) is 14.9 Å². The van der Waals surface area contributed by atoms with E-state index in [1.165, 1.54) is 12.1 Å². The number of nitrogens with one attached hydrogen (secondary N) is 1. The zero-order valence-corrected chi connectivity index (χ0v) is 24.2. The van der Waals surface area contributed by atoms with Crippen LogP contribution in [0.1, 0.15) is 67.9 Å². The highest BCUT2D eigenvalue weighted by molar-refractivity contribution is 7.92. The van der Waals surface area contributed by atoms with E-state index in [9.17, 15) is 13.2 Å². The van der Waals surface area contributed by atoms with Crippen LogP contribution >= 0.6 is 0 Å². The zero-order valence-electron chi connectivity index (χ0n) is 23.4. The average Bonchev–Trinajstić information content (AvgIpc) is 2.88. The first kappa shape index (κ1) is 28.5. The van der Waals surface area contributed by atoms with Crippen molar-refractivity contribution in [3.05, 3.63) is 65.2 Å². The van der Waals surface area contributed by atoms with Gasteiger partial charge in [0.25, 0.3) is 15.9 Å². The topological polar surface area (TPSA) is 101 Å². The molecule has 2 aromatic carbocycles. The Balaban J connectivity index is 1.87. The van der Waals surface area contributed by atoms with E-state index in [4.69, 9.17) is 4.74 Å². The molecule has 0 spiro atoms. The second-order valence-corrected chi connectivity index (χ2v) is 12.3. The van der Waals surface area contributed by atoms with Gasteiger partial charge in [0.1, 0.15) is 6.61 Å². The van der Waals surface area contributed by atoms with E-state index in [1.54, 1.807) is 18.2 Å². The van der Waals surface area contributed by atoms with Crippen molar-refractivity contribution < 1.29 is 17.9 Å². The van der Waals surface area contributed by atoms with Crippen molar-refractivity contribution in [2.45, 2.75) is 71.2 Å². The van der Waals surface area contributed by atoms with Gasteiger partial charge >= 0.3 is 0 Å².